The first-order chi connectivity index (χ1) is 10.6. The van der Waals surface area contributed by atoms with Crippen molar-refractivity contribution in [2.24, 2.45) is 0 Å². The fourth-order valence-electron chi connectivity index (χ4n) is 1.60. The van der Waals surface area contributed by atoms with Gasteiger partial charge in [0, 0.05) is 11.8 Å². The normalized spacial score (nSPS) is 10.5. The lowest BCUT2D eigenvalue weighted by Crippen LogP contribution is -2.32. The van der Waals surface area contributed by atoms with Crippen molar-refractivity contribution < 1.29 is 13.9 Å². The highest BCUT2D eigenvalue weighted by atomic mass is 35.5. The van der Waals surface area contributed by atoms with Crippen molar-refractivity contribution in [1.82, 2.24) is 5.32 Å². The molecule has 0 atom stereocenters. The van der Waals surface area contributed by atoms with Crippen molar-refractivity contribution in [3.05, 3.63) is 53.5 Å². The Morgan fingerprint density at radius 1 is 1.41 bits per heavy atom. The monoisotopic (exact) mass is 336 g/mol. The Kier molecular flexibility index (Phi) is 5.57. The quantitative estimate of drug-likeness (QED) is 0.661. The molecule has 22 heavy (non-hydrogen) atoms. The third kappa shape index (κ3) is 4.61. The van der Waals surface area contributed by atoms with Gasteiger partial charge in [-0.15, -0.1) is 0 Å². The first-order valence-electron chi connectivity index (χ1n) is 6.25. The second-order valence-corrected chi connectivity index (χ2v) is 4.96. The smallest absolute Gasteiger partial charge is 0.250 e. The molecule has 0 aliphatic rings. The van der Waals surface area contributed by atoms with Crippen LogP contribution in [0.5, 0.6) is 5.75 Å². The molecular weight excluding hydrogens is 324 g/mol. The molecule has 114 valence electrons. The van der Waals surface area contributed by atoms with Gasteiger partial charge >= 0.3 is 0 Å². The average molecular weight is 337 g/mol. The lowest BCUT2D eigenvalue weighted by atomic mass is 10.3. The van der Waals surface area contributed by atoms with E-state index >= 15 is 0 Å². The van der Waals surface area contributed by atoms with Crippen molar-refractivity contribution in [1.29, 1.82) is 0 Å². The van der Waals surface area contributed by atoms with Gasteiger partial charge in [0.2, 0.25) is 5.91 Å². The molecule has 0 unspecified atom stereocenters. The van der Waals surface area contributed by atoms with E-state index < -0.39 is 0 Å². The zero-order valence-electron chi connectivity index (χ0n) is 11.6. The molecule has 0 aliphatic carbocycles. The number of ether oxygens (including phenoxy) is 1. The predicted molar refractivity (Wildman–Crippen MR) is 90.1 cm³/mol. The highest BCUT2D eigenvalue weighted by molar-refractivity contribution is 7.80. The SMILES string of the molecule is COc1ccc(NC(=S)NC(=O)/C=C/c2ccco2)cc1Cl. The Labute approximate surface area is 137 Å². The average Bonchev–Trinajstić information content (AvgIpc) is 2.98. The van der Waals surface area contributed by atoms with Gasteiger partial charge in [-0.05, 0) is 48.6 Å². The standard InChI is InChI=1S/C15H13ClN2O3S/c1-20-13-6-4-10(9-12(13)16)17-15(22)18-14(19)7-5-11-3-2-8-21-11/h2-9H,1H3,(H2,17,18,19,22)/b7-5+. The third-order valence-electron chi connectivity index (χ3n) is 2.59. The van der Waals surface area contributed by atoms with E-state index in [1.807, 2.05) is 0 Å². The molecule has 7 heteroatoms. The Balaban J connectivity index is 1.89. The van der Waals surface area contributed by atoms with Gasteiger partial charge in [-0.3, -0.25) is 10.1 Å². The Bertz CT molecular complexity index is 699. The summed E-state index contributed by atoms with van der Waals surface area (Å²) in [6.45, 7) is 0. The molecular formula is C15H13ClN2O3S. The number of hydrogen-bond acceptors (Lipinski definition) is 4. The molecule has 0 radical (unpaired) electrons. The second kappa shape index (κ2) is 7.63. The summed E-state index contributed by atoms with van der Waals surface area (Å²) >= 11 is 11.1. The predicted octanol–water partition coefficient (Wildman–Crippen LogP) is 3.47. The summed E-state index contributed by atoms with van der Waals surface area (Å²) in [5.41, 5.74) is 0.645. The Morgan fingerprint density at radius 3 is 2.86 bits per heavy atom. The number of halogens is 1. The summed E-state index contributed by atoms with van der Waals surface area (Å²) in [4.78, 5) is 11.7. The second-order valence-electron chi connectivity index (χ2n) is 4.14. The van der Waals surface area contributed by atoms with Gasteiger partial charge in [0.15, 0.2) is 5.11 Å². The molecule has 0 spiro atoms. The summed E-state index contributed by atoms with van der Waals surface area (Å²) in [5.74, 6) is 0.771. The van der Waals surface area contributed by atoms with Crippen molar-refractivity contribution in [3.63, 3.8) is 0 Å². The highest BCUT2D eigenvalue weighted by Crippen LogP contribution is 2.27. The first kappa shape index (κ1) is 16.1. The number of nitrogens with one attached hydrogen (secondary N) is 2. The molecule has 1 heterocycles. The van der Waals surface area contributed by atoms with Gasteiger partial charge < -0.3 is 14.5 Å². The minimum absolute atomic E-state index is 0.162. The number of carbonyl (C=O) groups is 1. The largest absolute Gasteiger partial charge is 0.495 e. The zero-order chi connectivity index (χ0) is 15.9. The van der Waals surface area contributed by atoms with Crippen LogP contribution in [0.1, 0.15) is 5.76 Å². The van der Waals surface area contributed by atoms with Crippen LogP contribution < -0.4 is 15.4 Å². The summed E-state index contributed by atoms with van der Waals surface area (Å²) in [6.07, 6.45) is 4.40. The number of carbonyl (C=O) groups excluding carboxylic acids is 1. The van der Waals surface area contributed by atoms with Crippen molar-refractivity contribution in [2.45, 2.75) is 0 Å². The number of thiocarbonyl (C=S) groups is 1. The van der Waals surface area contributed by atoms with Crippen LogP contribution in [0.4, 0.5) is 5.69 Å². The number of rotatable bonds is 4. The topological polar surface area (TPSA) is 63.5 Å². The highest BCUT2D eigenvalue weighted by Gasteiger charge is 2.05. The molecule has 1 aromatic heterocycles. The molecule has 0 fully saturated rings. The molecule has 0 saturated carbocycles. The number of hydrogen-bond donors (Lipinski definition) is 2. The van der Waals surface area contributed by atoms with Crippen molar-refractivity contribution in [2.75, 3.05) is 12.4 Å². The molecule has 0 bridgehead atoms. The number of methoxy groups -OCH3 is 1. The molecule has 1 amide bonds. The lowest BCUT2D eigenvalue weighted by Gasteiger charge is -2.10. The van der Waals surface area contributed by atoms with Crippen molar-refractivity contribution >= 4 is 46.6 Å². The van der Waals surface area contributed by atoms with E-state index in [9.17, 15) is 4.79 Å². The van der Waals surface area contributed by atoms with Gasteiger partial charge in [-0.1, -0.05) is 11.6 Å². The van der Waals surface area contributed by atoms with E-state index in [0.717, 1.165) is 0 Å². The number of anilines is 1. The Hall–Kier alpha value is -2.31. The van der Waals surface area contributed by atoms with E-state index in [1.54, 1.807) is 36.4 Å². The van der Waals surface area contributed by atoms with Crippen LogP contribution in [0.25, 0.3) is 6.08 Å². The van der Waals surface area contributed by atoms with E-state index in [1.165, 1.54) is 19.4 Å². The lowest BCUT2D eigenvalue weighted by molar-refractivity contribution is -0.115. The Morgan fingerprint density at radius 2 is 2.23 bits per heavy atom. The van der Waals surface area contributed by atoms with E-state index in [-0.39, 0.29) is 11.0 Å². The first-order valence-corrected chi connectivity index (χ1v) is 7.04. The van der Waals surface area contributed by atoms with Gasteiger partial charge in [-0.2, -0.15) is 0 Å². The van der Waals surface area contributed by atoms with Crippen LogP contribution in [0, 0.1) is 0 Å². The third-order valence-corrected chi connectivity index (χ3v) is 3.09. The van der Waals surface area contributed by atoms with E-state index in [4.69, 9.17) is 33.0 Å². The fraction of sp³-hybridized carbons (Fsp3) is 0.0667. The fourth-order valence-corrected chi connectivity index (χ4v) is 2.08. The summed E-state index contributed by atoms with van der Waals surface area (Å²) in [5, 5.41) is 5.98. The van der Waals surface area contributed by atoms with Crippen LogP contribution in [0.2, 0.25) is 5.02 Å². The van der Waals surface area contributed by atoms with Crippen LogP contribution >= 0.6 is 23.8 Å². The van der Waals surface area contributed by atoms with E-state index in [0.29, 0.717) is 22.2 Å². The number of furan rings is 1. The minimum Gasteiger partial charge on any atom is -0.495 e. The van der Waals surface area contributed by atoms with Crippen LogP contribution in [0.3, 0.4) is 0 Å². The molecule has 2 N–H and O–H groups in total. The maximum atomic E-state index is 11.7. The maximum Gasteiger partial charge on any atom is 0.250 e. The van der Waals surface area contributed by atoms with Crippen LogP contribution in [0.15, 0.2) is 47.1 Å². The van der Waals surface area contributed by atoms with Crippen molar-refractivity contribution in [3.8, 4) is 5.75 Å². The maximum absolute atomic E-state index is 11.7. The van der Waals surface area contributed by atoms with E-state index in [2.05, 4.69) is 10.6 Å². The molecule has 2 rings (SSSR count). The van der Waals surface area contributed by atoms with Gasteiger partial charge in [0.05, 0.1) is 18.4 Å². The molecule has 5 nitrogen and oxygen atoms in total. The zero-order valence-corrected chi connectivity index (χ0v) is 13.2. The van der Waals surface area contributed by atoms with Gasteiger partial charge in [-0.25, -0.2) is 0 Å². The minimum atomic E-state index is -0.367. The van der Waals surface area contributed by atoms with Crippen LogP contribution in [-0.4, -0.2) is 18.1 Å². The number of benzene rings is 1. The molecule has 2 aromatic rings. The summed E-state index contributed by atoms with van der Waals surface area (Å²) in [7, 11) is 1.53. The van der Waals surface area contributed by atoms with Crippen LogP contribution in [-0.2, 0) is 4.79 Å². The molecule has 0 aliphatic heterocycles. The summed E-state index contributed by atoms with van der Waals surface area (Å²) < 4.78 is 10.1. The number of amides is 1. The van der Waals surface area contributed by atoms with Gasteiger partial charge in [0.25, 0.3) is 0 Å². The van der Waals surface area contributed by atoms with Gasteiger partial charge in [0.1, 0.15) is 11.5 Å². The molecule has 0 saturated heterocycles. The molecule has 1 aromatic carbocycles. The summed E-state index contributed by atoms with van der Waals surface area (Å²) in [6, 6.07) is 8.56.